The molecule has 4 aromatic carbocycles. The fraction of sp³-hybridized carbons (Fsp3) is 0.0625. The first-order valence-corrected chi connectivity index (χ1v) is 12.7. The number of allylic oxidation sites excluding steroid dienone is 1. The minimum atomic E-state index is 0.0510. The van der Waals surface area contributed by atoms with Gasteiger partial charge in [-0.2, -0.15) is 0 Å². The second-order valence-corrected chi connectivity index (χ2v) is 10.0. The van der Waals surface area contributed by atoms with Crippen LogP contribution in [0, 0.1) is 0 Å². The first-order chi connectivity index (χ1) is 17.9. The Morgan fingerprint density at radius 3 is 2.53 bits per heavy atom. The van der Waals surface area contributed by atoms with Gasteiger partial charge in [-0.15, -0.1) is 0 Å². The molecule has 0 radical (unpaired) electrons. The van der Waals surface area contributed by atoms with E-state index in [4.69, 9.17) is 4.42 Å². The molecular formula is C32H21BN2O. The topological polar surface area (TPSA) is 21.3 Å². The Labute approximate surface area is 209 Å². The predicted octanol–water partition coefficient (Wildman–Crippen LogP) is 5.95. The van der Waals surface area contributed by atoms with Gasteiger partial charge in [0.25, 0.3) is 6.71 Å². The van der Waals surface area contributed by atoms with E-state index in [-0.39, 0.29) is 6.71 Å². The molecule has 3 nitrogen and oxygen atoms in total. The van der Waals surface area contributed by atoms with Gasteiger partial charge in [0.1, 0.15) is 5.58 Å². The molecule has 2 aromatic heterocycles. The smallest absolute Gasteiger partial charge is 0.297 e. The summed E-state index contributed by atoms with van der Waals surface area (Å²) in [5, 5.41) is 2.53. The van der Waals surface area contributed by atoms with Crippen molar-refractivity contribution in [2.75, 3.05) is 4.90 Å². The normalized spacial score (nSPS) is 14.8. The standard InChI is InChI=1S/C32H21BN2O/c1-2-10-20(11-3-1)34-27-19-18-22-21-12-4-7-15-25(21)35-26-16-8-6-14-24(26)33(29(27)30(22)35)32-31(34)23-13-5-9-17-28(23)36-32/h1-3,5-11,13-19H,4,12H2. The highest BCUT2D eigenvalue weighted by Crippen LogP contribution is 2.45. The van der Waals surface area contributed by atoms with Crippen molar-refractivity contribution in [2.24, 2.45) is 0 Å². The van der Waals surface area contributed by atoms with Crippen molar-refractivity contribution >= 4 is 68.3 Å². The lowest BCUT2D eigenvalue weighted by Gasteiger charge is -2.37. The van der Waals surface area contributed by atoms with Gasteiger partial charge in [-0.25, -0.2) is 0 Å². The maximum atomic E-state index is 6.77. The molecule has 0 unspecified atom stereocenters. The summed E-state index contributed by atoms with van der Waals surface area (Å²) >= 11 is 0. The predicted molar refractivity (Wildman–Crippen MR) is 150 cm³/mol. The van der Waals surface area contributed by atoms with Crippen LogP contribution >= 0.6 is 0 Å². The Morgan fingerprint density at radius 2 is 1.58 bits per heavy atom. The number of anilines is 3. The molecule has 0 saturated heterocycles. The van der Waals surface area contributed by atoms with Crippen molar-refractivity contribution < 1.29 is 4.42 Å². The molecule has 6 aromatic rings. The van der Waals surface area contributed by atoms with Gasteiger partial charge in [-0.3, -0.25) is 0 Å². The van der Waals surface area contributed by atoms with Crippen molar-refractivity contribution in [1.82, 2.24) is 4.57 Å². The van der Waals surface area contributed by atoms with Gasteiger partial charge in [0.2, 0.25) is 0 Å². The molecule has 9 rings (SSSR count). The largest absolute Gasteiger partial charge is 0.468 e. The summed E-state index contributed by atoms with van der Waals surface area (Å²) in [5.74, 6) is 0. The lowest BCUT2D eigenvalue weighted by atomic mass is 9.36. The second-order valence-electron chi connectivity index (χ2n) is 10.0. The van der Waals surface area contributed by atoms with Crippen molar-refractivity contribution in [3.8, 4) is 5.69 Å². The Morgan fingerprint density at radius 1 is 0.750 bits per heavy atom. The quantitative estimate of drug-likeness (QED) is 0.283. The summed E-state index contributed by atoms with van der Waals surface area (Å²) in [6.07, 6.45) is 6.82. The van der Waals surface area contributed by atoms with E-state index in [2.05, 4.69) is 113 Å². The summed E-state index contributed by atoms with van der Waals surface area (Å²) in [7, 11) is 0. The summed E-state index contributed by atoms with van der Waals surface area (Å²) in [6.45, 7) is 0.0510. The molecule has 0 bridgehead atoms. The highest BCUT2D eigenvalue weighted by molar-refractivity contribution is 6.99. The average molecular weight is 460 g/mol. The third-order valence-electron chi connectivity index (χ3n) is 8.24. The van der Waals surface area contributed by atoms with E-state index in [9.17, 15) is 0 Å². The average Bonchev–Trinajstić information content (AvgIpc) is 3.49. The molecule has 1 aliphatic carbocycles. The first-order valence-electron chi connectivity index (χ1n) is 12.7. The minimum absolute atomic E-state index is 0.0510. The molecule has 4 heteroatoms. The third kappa shape index (κ3) is 2.16. The van der Waals surface area contributed by atoms with Crippen molar-refractivity contribution in [2.45, 2.75) is 12.8 Å². The van der Waals surface area contributed by atoms with Crippen molar-refractivity contribution in [3.63, 3.8) is 0 Å². The number of aryl methyl sites for hydroxylation is 1. The van der Waals surface area contributed by atoms with Gasteiger partial charge in [-0.1, -0.05) is 60.7 Å². The number of fused-ring (bicyclic) bond motifs is 10. The second kappa shape index (κ2) is 6.61. The van der Waals surface area contributed by atoms with Gasteiger partial charge in [-0.05, 0) is 71.8 Å². The molecule has 4 heterocycles. The van der Waals surface area contributed by atoms with Gasteiger partial charge < -0.3 is 13.9 Å². The summed E-state index contributed by atoms with van der Waals surface area (Å²) < 4.78 is 9.29. The van der Waals surface area contributed by atoms with Crippen LogP contribution in [0.1, 0.15) is 17.7 Å². The molecule has 0 amide bonds. The number of hydrogen-bond acceptors (Lipinski definition) is 2. The zero-order chi connectivity index (χ0) is 23.4. The van der Waals surface area contributed by atoms with E-state index in [1.807, 2.05) is 0 Å². The van der Waals surface area contributed by atoms with Gasteiger partial charge in [0.05, 0.1) is 16.9 Å². The van der Waals surface area contributed by atoms with E-state index in [0.717, 1.165) is 40.8 Å². The van der Waals surface area contributed by atoms with Crippen molar-refractivity contribution in [1.29, 1.82) is 0 Å². The number of aromatic nitrogens is 1. The molecule has 0 atom stereocenters. The van der Waals surface area contributed by atoms with E-state index in [0.29, 0.717) is 0 Å². The van der Waals surface area contributed by atoms with Crippen LogP contribution < -0.4 is 21.5 Å². The van der Waals surface area contributed by atoms with E-state index < -0.39 is 0 Å². The Hall–Kier alpha value is -4.44. The monoisotopic (exact) mass is 460 g/mol. The maximum absolute atomic E-state index is 6.77. The van der Waals surface area contributed by atoms with Crippen LogP contribution in [0.3, 0.4) is 0 Å². The molecule has 2 aliphatic heterocycles. The minimum Gasteiger partial charge on any atom is -0.468 e. The number of rotatable bonds is 1. The molecule has 3 aliphatic rings. The zero-order valence-electron chi connectivity index (χ0n) is 19.6. The van der Waals surface area contributed by atoms with Gasteiger partial charge in [0, 0.05) is 33.5 Å². The molecule has 0 N–H and O–H groups in total. The number of furan rings is 1. The van der Waals surface area contributed by atoms with Crippen LogP contribution in [0.5, 0.6) is 0 Å². The van der Waals surface area contributed by atoms with Crippen LogP contribution in [0.15, 0.2) is 101 Å². The Balaban J connectivity index is 1.51. The summed E-state index contributed by atoms with van der Waals surface area (Å²) in [5.41, 5.74) is 13.6. The number of nitrogens with zero attached hydrogens (tertiary/aromatic N) is 2. The highest BCUT2D eigenvalue weighted by atomic mass is 16.3. The lowest BCUT2D eigenvalue weighted by molar-refractivity contribution is 0.651. The van der Waals surface area contributed by atoms with Crippen LogP contribution in [0.2, 0.25) is 0 Å². The highest BCUT2D eigenvalue weighted by Gasteiger charge is 2.45. The van der Waals surface area contributed by atoms with Crippen LogP contribution in [0.25, 0.3) is 33.6 Å². The summed E-state index contributed by atoms with van der Waals surface area (Å²) in [4.78, 5) is 2.42. The molecule has 0 fully saturated rings. The van der Waals surface area contributed by atoms with Crippen LogP contribution in [-0.2, 0) is 6.42 Å². The molecule has 36 heavy (non-hydrogen) atoms. The van der Waals surface area contributed by atoms with Crippen LogP contribution in [0.4, 0.5) is 17.1 Å². The first kappa shape index (κ1) is 18.8. The Kier molecular flexibility index (Phi) is 3.46. The molecular weight excluding hydrogens is 439 g/mol. The number of benzene rings is 4. The summed E-state index contributed by atoms with van der Waals surface area (Å²) in [6, 6.07) is 32.8. The maximum Gasteiger partial charge on any atom is 0.297 e. The molecule has 0 saturated carbocycles. The number of para-hydroxylation sites is 3. The van der Waals surface area contributed by atoms with Crippen molar-refractivity contribution in [3.05, 3.63) is 108 Å². The Bertz CT molecular complexity index is 1910. The molecule has 0 spiro atoms. The SMILES string of the molecule is C1=Cc2c(c3ccc4c5c3n2-c2ccccc2B5c2oc3ccccc3c2N4c2ccccc2)CC1. The fourth-order valence-electron chi connectivity index (χ4n) is 6.87. The molecule has 168 valence electrons. The van der Waals surface area contributed by atoms with E-state index in [1.54, 1.807) is 0 Å². The van der Waals surface area contributed by atoms with Crippen LogP contribution in [-0.4, -0.2) is 11.3 Å². The third-order valence-corrected chi connectivity index (χ3v) is 8.24. The van der Waals surface area contributed by atoms with Gasteiger partial charge in [0.15, 0.2) is 0 Å². The lowest BCUT2D eigenvalue weighted by Crippen LogP contribution is -2.59. The fourth-order valence-corrected chi connectivity index (χ4v) is 6.87. The van der Waals surface area contributed by atoms with E-state index >= 15 is 0 Å². The van der Waals surface area contributed by atoms with E-state index in [1.165, 1.54) is 44.5 Å². The number of hydrogen-bond donors (Lipinski definition) is 0. The van der Waals surface area contributed by atoms with Gasteiger partial charge >= 0.3 is 0 Å². The zero-order valence-corrected chi connectivity index (χ0v) is 19.6.